The van der Waals surface area contributed by atoms with Crippen molar-refractivity contribution in [2.75, 3.05) is 38.2 Å². The minimum absolute atomic E-state index is 0.171. The maximum atomic E-state index is 12.2. The second-order valence-corrected chi connectivity index (χ2v) is 6.86. The van der Waals surface area contributed by atoms with Crippen molar-refractivity contribution in [2.45, 2.75) is 13.0 Å². The summed E-state index contributed by atoms with van der Waals surface area (Å²) >= 11 is 1.73. The summed E-state index contributed by atoms with van der Waals surface area (Å²) in [4.78, 5) is 15.9. The second kappa shape index (κ2) is 8.28. The van der Waals surface area contributed by atoms with E-state index >= 15 is 0 Å². The quantitative estimate of drug-likeness (QED) is 0.875. The van der Waals surface area contributed by atoms with E-state index in [-0.39, 0.29) is 12.1 Å². The molecular weight excluding hydrogens is 322 g/mol. The number of rotatable bonds is 5. The van der Waals surface area contributed by atoms with Crippen LogP contribution < -0.4 is 10.6 Å². The summed E-state index contributed by atoms with van der Waals surface area (Å²) in [5, 5.41) is 7.99. The maximum absolute atomic E-state index is 12.2. The lowest BCUT2D eigenvalue weighted by molar-refractivity contribution is 0.0175. The Kier molecular flexibility index (Phi) is 5.85. The third-order valence-corrected chi connectivity index (χ3v) is 5.06. The van der Waals surface area contributed by atoms with Gasteiger partial charge in [0.1, 0.15) is 0 Å². The molecular formula is C18H23N3O2S. The summed E-state index contributed by atoms with van der Waals surface area (Å²) in [6, 6.07) is 12.0. The normalized spacial score (nSPS) is 16.5. The zero-order chi connectivity index (χ0) is 16.8. The summed E-state index contributed by atoms with van der Waals surface area (Å²) in [5.41, 5.74) is 1.93. The predicted molar refractivity (Wildman–Crippen MR) is 97.7 cm³/mol. The van der Waals surface area contributed by atoms with Gasteiger partial charge < -0.3 is 15.4 Å². The van der Waals surface area contributed by atoms with Gasteiger partial charge in [0.15, 0.2) is 0 Å². The summed E-state index contributed by atoms with van der Waals surface area (Å²) in [5.74, 6) is 0. The van der Waals surface area contributed by atoms with E-state index in [1.54, 1.807) is 11.3 Å². The minimum atomic E-state index is -0.171. The molecule has 2 aromatic rings. The standard InChI is InChI=1S/C18H23N3O2S/c1-14-4-2-5-15(12-14)20-18(22)19-13-16(17-6-3-11-24-17)21-7-9-23-10-8-21/h2-6,11-12,16H,7-10,13H2,1H3,(H2,19,20,22)/t16-/m0/s1. The van der Waals surface area contributed by atoms with E-state index in [4.69, 9.17) is 4.74 Å². The highest BCUT2D eigenvalue weighted by molar-refractivity contribution is 7.10. The molecule has 1 aromatic heterocycles. The summed E-state index contributed by atoms with van der Waals surface area (Å²) in [7, 11) is 0. The Labute approximate surface area is 146 Å². The van der Waals surface area contributed by atoms with E-state index in [0.717, 1.165) is 37.6 Å². The largest absolute Gasteiger partial charge is 0.379 e. The molecule has 128 valence electrons. The van der Waals surface area contributed by atoms with E-state index in [9.17, 15) is 4.79 Å². The van der Waals surface area contributed by atoms with Gasteiger partial charge in [-0.05, 0) is 36.1 Å². The monoisotopic (exact) mass is 345 g/mol. The van der Waals surface area contributed by atoms with Crippen LogP contribution in [0.5, 0.6) is 0 Å². The third-order valence-electron chi connectivity index (χ3n) is 4.09. The number of hydrogen-bond donors (Lipinski definition) is 2. The number of carbonyl (C=O) groups is 1. The number of amides is 2. The smallest absolute Gasteiger partial charge is 0.319 e. The molecule has 1 saturated heterocycles. The van der Waals surface area contributed by atoms with Crippen molar-refractivity contribution >= 4 is 23.1 Å². The number of anilines is 1. The molecule has 24 heavy (non-hydrogen) atoms. The van der Waals surface area contributed by atoms with Crippen LogP contribution in [0.1, 0.15) is 16.5 Å². The molecule has 2 heterocycles. The van der Waals surface area contributed by atoms with Gasteiger partial charge in [0.05, 0.1) is 19.3 Å². The van der Waals surface area contributed by atoms with E-state index in [1.807, 2.05) is 31.2 Å². The molecule has 1 aromatic carbocycles. The average molecular weight is 345 g/mol. The fourth-order valence-electron chi connectivity index (χ4n) is 2.87. The highest BCUT2D eigenvalue weighted by atomic mass is 32.1. The van der Waals surface area contributed by atoms with Crippen LogP contribution >= 0.6 is 11.3 Å². The fraction of sp³-hybridized carbons (Fsp3) is 0.389. The van der Waals surface area contributed by atoms with Gasteiger partial charge in [-0.25, -0.2) is 4.79 Å². The Morgan fingerprint density at radius 1 is 1.29 bits per heavy atom. The molecule has 0 aliphatic carbocycles. The second-order valence-electron chi connectivity index (χ2n) is 5.88. The van der Waals surface area contributed by atoms with Gasteiger partial charge in [0.2, 0.25) is 0 Å². The molecule has 0 radical (unpaired) electrons. The van der Waals surface area contributed by atoms with Crippen LogP contribution in [-0.4, -0.2) is 43.8 Å². The van der Waals surface area contributed by atoms with Crippen molar-refractivity contribution in [2.24, 2.45) is 0 Å². The third kappa shape index (κ3) is 4.56. The van der Waals surface area contributed by atoms with Gasteiger partial charge in [-0.15, -0.1) is 11.3 Å². The van der Waals surface area contributed by atoms with Gasteiger partial charge in [0, 0.05) is 30.2 Å². The number of carbonyl (C=O) groups excluding carboxylic acids is 1. The number of thiophene rings is 1. The highest BCUT2D eigenvalue weighted by Gasteiger charge is 2.23. The first kappa shape index (κ1) is 17.0. The number of urea groups is 1. The van der Waals surface area contributed by atoms with Gasteiger partial charge >= 0.3 is 6.03 Å². The molecule has 5 nitrogen and oxygen atoms in total. The number of nitrogens with zero attached hydrogens (tertiary/aromatic N) is 1. The van der Waals surface area contributed by atoms with Crippen molar-refractivity contribution < 1.29 is 9.53 Å². The SMILES string of the molecule is Cc1cccc(NC(=O)NC[C@@H](c2cccs2)N2CCOCC2)c1. The highest BCUT2D eigenvalue weighted by Crippen LogP contribution is 2.25. The number of aryl methyl sites for hydroxylation is 1. The van der Waals surface area contributed by atoms with Crippen LogP contribution in [0.3, 0.4) is 0 Å². The first-order valence-electron chi connectivity index (χ1n) is 8.19. The van der Waals surface area contributed by atoms with Gasteiger partial charge in [-0.3, -0.25) is 4.90 Å². The van der Waals surface area contributed by atoms with Crippen LogP contribution in [0.2, 0.25) is 0 Å². The number of benzene rings is 1. The van der Waals surface area contributed by atoms with Crippen LogP contribution in [0.25, 0.3) is 0 Å². The maximum Gasteiger partial charge on any atom is 0.319 e. The summed E-state index contributed by atoms with van der Waals surface area (Å²) < 4.78 is 5.45. The Bertz CT molecular complexity index is 654. The molecule has 2 N–H and O–H groups in total. The zero-order valence-electron chi connectivity index (χ0n) is 13.8. The molecule has 1 fully saturated rings. The number of ether oxygens (including phenoxy) is 1. The lowest BCUT2D eigenvalue weighted by Gasteiger charge is -2.34. The van der Waals surface area contributed by atoms with Crippen molar-refractivity contribution in [1.29, 1.82) is 0 Å². The van der Waals surface area contributed by atoms with Crippen molar-refractivity contribution in [3.05, 3.63) is 52.2 Å². The summed E-state index contributed by atoms with van der Waals surface area (Å²) in [6.07, 6.45) is 0. The van der Waals surface area contributed by atoms with Crippen molar-refractivity contribution in [1.82, 2.24) is 10.2 Å². The first-order valence-corrected chi connectivity index (χ1v) is 9.07. The lowest BCUT2D eigenvalue weighted by Crippen LogP contribution is -2.44. The first-order chi connectivity index (χ1) is 11.7. The Morgan fingerprint density at radius 2 is 2.12 bits per heavy atom. The summed E-state index contributed by atoms with van der Waals surface area (Å²) in [6.45, 7) is 5.87. The fourth-order valence-corrected chi connectivity index (χ4v) is 3.73. The molecule has 0 bridgehead atoms. The Morgan fingerprint density at radius 3 is 2.83 bits per heavy atom. The predicted octanol–water partition coefficient (Wildman–Crippen LogP) is 3.25. The molecule has 0 saturated carbocycles. The average Bonchev–Trinajstić information content (AvgIpc) is 3.10. The topological polar surface area (TPSA) is 53.6 Å². The number of nitrogens with one attached hydrogen (secondary N) is 2. The number of hydrogen-bond acceptors (Lipinski definition) is 4. The van der Waals surface area contributed by atoms with E-state index in [2.05, 4.69) is 33.0 Å². The molecule has 1 aliphatic heterocycles. The van der Waals surface area contributed by atoms with Crippen LogP contribution in [-0.2, 0) is 4.74 Å². The molecule has 1 atom stereocenters. The Balaban J connectivity index is 1.59. The van der Waals surface area contributed by atoms with Gasteiger partial charge in [-0.2, -0.15) is 0 Å². The van der Waals surface area contributed by atoms with E-state index in [0.29, 0.717) is 6.54 Å². The zero-order valence-corrected chi connectivity index (χ0v) is 14.6. The number of morpholine rings is 1. The van der Waals surface area contributed by atoms with Crippen LogP contribution in [0, 0.1) is 6.92 Å². The van der Waals surface area contributed by atoms with Crippen molar-refractivity contribution in [3.63, 3.8) is 0 Å². The van der Waals surface area contributed by atoms with Gasteiger partial charge in [-0.1, -0.05) is 18.2 Å². The minimum Gasteiger partial charge on any atom is -0.379 e. The molecule has 1 aliphatic rings. The molecule has 6 heteroatoms. The van der Waals surface area contributed by atoms with Crippen LogP contribution in [0.4, 0.5) is 10.5 Å². The Hall–Kier alpha value is -1.89. The van der Waals surface area contributed by atoms with Crippen LogP contribution in [0.15, 0.2) is 41.8 Å². The van der Waals surface area contributed by atoms with Gasteiger partial charge in [0.25, 0.3) is 0 Å². The lowest BCUT2D eigenvalue weighted by atomic mass is 10.2. The molecule has 0 unspecified atom stereocenters. The molecule has 3 rings (SSSR count). The van der Waals surface area contributed by atoms with E-state index < -0.39 is 0 Å². The molecule has 0 spiro atoms. The van der Waals surface area contributed by atoms with E-state index in [1.165, 1.54) is 4.88 Å². The molecule has 2 amide bonds. The van der Waals surface area contributed by atoms with Crippen molar-refractivity contribution in [3.8, 4) is 0 Å².